The van der Waals surface area contributed by atoms with Crippen molar-refractivity contribution in [3.05, 3.63) is 71.1 Å². The van der Waals surface area contributed by atoms with Crippen LogP contribution in [0.15, 0.2) is 55.0 Å². The van der Waals surface area contributed by atoms with Crippen molar-refractivity contribution in [2.45, 2.75) is 0 Å². The molecular formula is C22H20ClN5O2. The Hall–Kier alpha value is -3.50. The van der Waals surface area contributed by atoms with Crippen molar-refractivity contribution >= 4 is 23.3 Å². The lowest BCUT2D eigenvalue weighted by Crippen LogP contribution is -2.49. The highest BCUT2D eigenvalue weighted by atomic mass is 35.5. The van der Waals surface area contributed by atoms with E-state index in [2.05, 4.69) is 16.0 Å². The van der Waals surface area contributed by atoms with E-state index in [-0.39, 0.29) is 5.91 Å². The number of nitriles is 1. The Bertz CT molecular complexity index is 1100. The van der Waals surface area contributed by atoms with Gasteiger partial charge in [-0.1, -0.05) is 11.6 Å². The summed E-state index contributed by atoms with van der Waals surface area (Å²) in [5, 5.41) is 9.56. The van der Waals surface area contributed by atoms with Crippen LogP contribution in [0.2, 0.25) is 5.02 Å². The van der Waals surface area contributed by atoms with Crippen LogP contribution in [0, 0.1) is 11.3 Å². The van der Waals surface area contributed by atoms with Gasteiger partial charge in [0.2, 0.25) is 0 Å². The zero-order valence-electron chi connectivity index (χ0n) is 16.5. The molecule has 0 atom stereocenters. The van der Waals surface area contributed by atoms with Gasteiger partial charge in [-0.3, -0.25) is 4.79 Å². The third-order valence-electron chi connectivity index (χ3n) is 5.15. The van der Waals surface area contributed by atoms with Crippen LogP contribution in [-0.2, 0) is 0 Å². The molecule has 4 rings (SSSR count). The molecular weight excluding hydrogens is 402 g/mol. The summed E-state index contributed by atoms with van der Waals surface area (Å²) in [7, 11) is 1.55. The van der Waals surface area contributed by atoms with Crippen molar-refractivity contribution in [3.8, 4) is 17.5 Å². The number of rotatable bonds is 4. The van der Waals surface area contributed by atoms with Crippen LogP contribution in [-0.4, -0.2) is 53.6 Å². The van der Waals surface area contributed by atoms with Crippen molar-refractivity contribution in [2.24, 2.45) is 0 Å². The molecule has 1 fully saturated rings. The molecule has 0 N–H and O–H groups in total. The fourth-order valence-electron chi connectivity index (χ4n) is 3.54. The molecule has 0 unspecified atom stereocenters. The summed E-state index contributed by atoms with van der Waals surface area (Å²) in [5.74, 6) is 1.11. The van der Waals surface area contributed by atoms with E-state index in [1.54, 1.807) is 42.5 Å². The first-order chi connectivity index (χ1) is 14.6. The van der Waals surface area contributed by atoms with E-state index in [0.717, 1.165) is 11.5 Å². The van der Waals surface area contributed by atoms with Crippen molar-refractivity contribution < 1.29 is 9.53 Å². The molecule has 0 aliphatic carbocycles. The number of nitrogens with zero attached hydrogens (tertiary/aromatic N) is 5. The highest BCUT2D eigenvalue weighted by molar-refractivity contribution is 6.33. The van der Waals surface area contributed by atoms with Gasteiger partial charge < -0.3 is 19.1 Å². The summed E-state index contributed by atoms with van der Waals surface area (Å²) >= 11 is 6.47. The SMILES string of the molecule is COc1cc(-n2cccc2)c(Cl)cc1C(=O)N1CCN(c2cc(C#N)ccn2)CC1. The Morgan fingerprint density at radius 3 is 2.57 bits per heavy atom. The van der Waals surface area contributed by atoms with E-state index < -0.39 is 0 Å². The average Bonchev–Trinajstić information content (AvgIpc) is 3.33. The van der Waals surface area contributed by atoms with Crippen LogP contribution < -0.4 is 9.64 Å². The highest BCUT2D eigenvalue weighted by Gasteiger charge is 2.26. The monoisotopic (exact) mass is 421 g/mol. The number of amides is 1. The number of benzene rings is 1. The molecule has 1 saturated heterocycles. The fourth-order valence-corrected chi connectivity index (χ4v) is 3.80. The molecule has 3 aromatic rings. The van der Waals surface area contributed by atoms with Crippen molar-refractivity contribution in [2.75, 3.05) is 38.2 Å². The fraction of sp³-hybridized carbons (Fsp3) is 0.227. The van der Waals surface area contributed by atoms with E-state index >= 15 is 0 Å². The number of ether oxygens (including phenoxy) is 1. The molecule has 0 bridgehead atoms. The van der Waals surface area contributed by atoms with Crippen molar-refractivity contribution in [1.29, 1.82) is 5.26 Å². The normalized spacial score (nSPS) is 13.8. The van der Waals surface area contributed by atoms with E-state index in [9.17, 15) is 4.79 Å². The number of methoxy groups -OCH3 is 1. The summed E-state index contributed by atoms with van der Waals surface area (Å²) in [4.78, 5) is 21.4. The zero-order chi connectivity index (χ0) is 21.1. The van der Waals surface area contributed by atoms with Gasteiger partial charge in [-0.2, -0.15) is 5.26 Å². The van der Waals surface area contributed by atoms with Gasteiger partial charge >= 0.3 is 0 Å². The highest BCUT2D eigenvalue weighted by Crippen LogP contribution is 2.31. The van der Waals surface area contributed by atoms with E-state index in [0.29, 0.717) is 48.1 Å². The number of pyridine rings is 1. The lowest BCUT2D eigenvalue weighted by atomic mass is 10.1. The Morgan fingerprint density at radius 1 is 1.17 bits per heavy atom. The van der Waals surface area contributed by atoms with E-state index in [1.165, 1.54) is 0 Å². The Balaban J connectivity index is 1.51. The van der Waals surface area contributed by atoms with Crippen LogP contribution >= 0.6 is 11.6 Å². The zero-order valence-corrected chi connectivity index (χ0v) is 17.2. The second kappa shape index (κ2) is 8.47. The quantitative estimate of drug-likeness (QED) is 0.645. The minimum Gasteiger partial charge on any atom is -0.496 e. The van der Waals surface area contributed by atoms with Gasteiger partial charge in [0.05, 0.1) is 35.0 Å². The summed E-state index contributed by atoms with van der Waals surface area (Å²) in [6.45, 7) is 2.34. The lowest BCUT2D eigenvalue weighted by Gasteiger charge is -2.35. The van der Waals surface area contributed by atoms with Gasteiger partial charge in [-0.05, 0) is 30.3 Å². The van der Waals surface area contributed by atoms with Gasteiger partial charge in [-0.25, -0.2) is 4.98 Å². The molecule has 1 aromatic carbocycles. The molecule has 152 valence electrons. The number of carbonyl (C=O) groups excluding carboxylic acids is 1. The minimum absolute atomic E-state index is 0.119. The molecule has 2 aromatic heterocycles. The van der Waals surface area contributed by atoms with Crippen molar-refractivity contribution in [3.63, 3.8) is 0 Å². The molecule has 1 amide bonds. The molecule has 1 aliphatic heterocycles. The van der Waals surface area contributed by atoms with Crippen LogP contribution in [0.4, 0.5) is 5.82 Å². The maximum absolute atomic E-state index is 13.2. The third kappa shape index (κ3) is 3.82. The predicted molar refractivity (Wildman–Crippen MR) is 114 cm³/mol. The Labute approximate surface area is 179 Å². The standard InChI is InChI=1S/C22H20ClN5O2/c1-30-20-14-19(26-6-2-3-7-26)18(23)13-17(20)22(29)28-10-8-27(9-11-28)21-12-16(15-24)4-5-25-21/h2-7,12-14H,8-11H2,1H3. The molecule has 1 aliphatic rings. The maximum atomic E-state index is 13.2. The molecule has 0 spiro atoms. The second-order valence-electron chi connectivity index (χ2n) is 6.89. The third-order valence-corrected chi connectivity index (χ3v) is 5.45. The Morgan fingerprint density at radius 2 is 1.90 bits per heavy atom. The molecule has 30 heavy (non-hydrogen) atoms. The number of anilines is 1. The van der Waals surface area contributed by atoms with Crippen LogP contribution in [0.5, 0.6) is 5.75 Å². The first kappa shape index (κ1) is 19.8. The van der Waals surface area contributed by atoms with Gasteiger partial charge in [-0.15, -0.1) is 0 Å². The number of aromatic nitrogens is 2. The number of halogens is 1. The van der Waals surface area contributed by atoms with Crippen LogP contribution in [0.1, 0.15) is 15.9 Å². The van der Waals surface area contributed by atoms with Gasteiger partial charge in [0, 0.05) is 50.8 Å². The number of hydrogen-bond donors (Lipinski definition) is 0. The van der Waals surface area contributed by atoms with E-state index in [4.69, 9.17) is 21.6 Å². The summed E-state index contributed by atoms with van der Waals surface area (Å²) in [6, 6.07) is 12.8. The number of hydrogen-bond acceptors (Lipinski definition) is 5. The average molecular weight is 422 g/mol. The lowest BCUT2D eigenvalue weighted by molar-refractivity contribution is 0.0743. The number of piperazine rings is 1. The molecule has 3 heterocycles. The smallest absolute Gasteiger partial charge is 0.257 e. The minimum atomic E-state index is -0.119. The largest absolute Gasteiger partial charge is 0.496 e. The molecule has 0 radical (unpaired) electrons. The van der Waals surface area contributed by atoms with Gasteiger partial charge in [0.25, 0.3) is 5.91 Å². The topological polar surface area (TPSA) is 74.4 Å². The molecule has 0 saturated carbocycles. The summed E-state index contributed by atoms with van der Waals surface area (Å²) < 4.78 is 7.37. The molecule has 7 nitrogen and oxygen atoms in total. The first-order valence-electron chi connectivity index (χ1n) is 9.52. The van der Waals surface area contributed by atoms with Crippen LogP contribution in [0.25, 0.3) is 5.69 Å². The van der Waals surface area contributed by atoms with Gasteiger partial charge in [0.1, 0.15) is 11.6 Å². The Kier molecular flexibility index (Phi) is 5.59. The van der Waals surface area contributed by atoms with Crippen molar-refractivity contribution in [1.82, 2.24) is 14.5 Å². The summed E-state index contributed by atoms with van der Waals surface area (Å²) in [5.41, 5.74) is 1.76. The van der Waals surface area contributed by atoms with E-state index in [1.807, 2.05) is 29.1 Å². The number of carbonyl (C=O) groups is 1. The summed E-state index contributed by atoms with van der Waals surface area (Å²) in [6.07, 6.45) is 5.40. The van der Waals surface area contributed by atoms with Crippen LogP contribution in [0.3, 0.4) is 0 Å². The maximum Gasteiger partial charge on any atom is 0.257 e. The second-order valence-corrected chi connectivity index (χ2v) is 7.30. The van der Waals surface area contributed by atoms with Gasteiger partial charge in [0.15, 0.2) is 0 Å². The first-order valence-corrected chi connectivity index (χ1v) is 9.90. The molecule has 8 heteroatoms. The predicted octanol–water partition coefficient (Wildman–Crippen LogP) is 3.37.